The maximum atomic E-state index is 11.8. The first-order valence-electron chi connectivity index (χ1n) is 7.01. The highest BCUT2D eigenvalue weighted by Crippen LogP contribution is 2.23. The van der Waals surface area contributed by atoms with Crippen molar-refractivity contribution in [3.8, 4) is 5.75 Å². The van der Waals surface area contributed by atoms with Crippen LogP contribution in [0.25, 0.3) is 0 Å². The number of rotatable bonds is 5. The summed E-state index contributed by atoms with van der Waals surface area (Å²) in [6, 6.07) is 7.06. The number of hydrogen-bond acceptors (Lipinski definition) is 3. The molecule has 1 aliphatic rings. The molecule has 110 valence electrons. The molecule has 1 aliphatic carbocycles. The molecule has 2 atom stereocenters. The minimum atomic E-state index is -0.419. The van der Waals surface area contributed by atoms with Gasteiger partial charge in [0.2, 0.25) is 5.91 Å². The lowest BCUT2D eigenvalue weighted by Gasteiger charge is -2.28. The molecular weight excluding hydrogens is 278 g/mol. The number of nitrogens with one attached hydrogen (secondary N) is 1. The second-order valence-electron chi connectivity index (χ2n) is 5.05. The zero-order valence-electron chi connectivity index (χ0n) is 11.3. The van der Waals surface area contributed by atoms with E-state index in [1.165, 1.54) is 0 Å². The fourth-order valence-corrected chi connectivity index (χ4v) is 2.56. The highest BCUT2D eigenvalue weighted by atomic mass is 35.5. The van der Waals surface area contributed by atoms with Crippen LogP contribution in [-0.4, -0.2) is 29.8 Å². The van der Waals surface area contributed by atoms with Crippen molar-refractivity contribution in [3.05, 3.63) is 29.3 Å². The quantitative estimate of drug-likeness (QED) is 0.878. The lowest BCUT2D eigenvalue weighted by molar-refractivity contribution is -0.123. The summed E-state index contributed by atoms with van der Waals surface area (Å²) in [4.78, 5) is 11.8. The Kier molecular flexibility index (Phi) is 5.68. The van der Waals surface area contributed by atoms with Gasteiger partial charge in [0.1, 0.15) is 5.75 Å². The van der Waals surface area contributed by atoms with Crippen LogP contribution in [0.5, 0.6) is 5.75 Å². The maximum Gasteiger partial charge on any atom is 0.223 e. The van der Waals surface area contributed by atoms with E-state index in [4.69, 9.17) is 16.3 Å². The Morgan fingerprint density at radius 3 is 2.85 bits per heavy atom. The van der Waals surface area contributed by atoms with Crippen LogP contribution in [0.3, 0.4) is 0 Å². The summed E-state index contributed by atoms with van der Waals surface area (Å²) in [6.45, 7) is 0.276. The molecule has 0 aromatic heterocycles. The highest BCUT2D eigenvalue weighted by Gasteiger charge is 2.24. The summed E-state index contributed by atoms with van der Waals surface area (Å²) >= 11 is 5.96. The lowest BCUT2D eigenvalue weighted by Crippen LogP contribution is -2.45. The van der Waals surface area contributed by atoms with Gasteiger partial charge in [-0.05, 0) is 25.0 Å². The molecule has 0 spiro atoms. The van der Waals surface area contributed by atoms with E-state index in [9.17, 15) is 9.90 Å². The summed E-state index contributed by atoms with van der Waals surface area (Å²) in [7, 11) is 0. The van der Waals surface area contributed by atoms with Gasteiger partial charge >= 0.3 is 0 Å². The molecule has 1 aromatic carbocycles. The third-order valence-electron chi connectivity index (χ3n) is 3.50. The Hall–Kier alpha value is -1.26. The second-order valence-corrected chi connectivity index (χ2v) is 5.46. The minimum absolute atomic E-state index is 0.0944. The Labute approximate surface area is 124 Å². The van der Waals surface area contributed by atoms with Crippen LogP contribution in [-0.2, 0) is 4.79 Å². The summed E-state index contributed by atoms with van der Waals surface area (Å²) in [6.07, 6.45) is 3.53. The zero-order chi connectivity index (χ0) is 14.4. The molecule has 0 unspecified atom stereocenters. The molecule has 20 heavy (non-hydrogen) atoms. The van der Waals surface area contributed by atoms with E-state index in [-0.39, 0.29) is 25.0 Å². The van der Waals surface area contributed by atoms with Crippen molar-refractivity contribution in [2.75, 3.05) is 6.61 Å². The van der Waals surface area contributed by atoms with Crippen molar-refractivity contribution >= 4 is 17.5 Å². The SMILES string of the molecule is O=C(CCOc1ccccc1Cl)N[C@H]1CCCC[C@@H]1O. The van der Waals surface area contributed by atoms with Gasteiger partial charge in [-0.25, -0.2) is 0 Å². The van der Waals surface area contributed by atoms with Gasteiger partial charge in [0.05, 0.1) is 30.2 Å². The third-order valence-corrected chi connectivity index (χ3v) is 3.81. The van der Waals surface area contributed by atoms with E-state index >= 15 is 0 Å². The first-order chi connectivity index (χ1) is 9.66. The van der Waals surface area contributed by atoms with Gasteiger partial charge in [-0.2, -0.15) is 0 Å². The molecule has 4 nitrogen and oxygen atoms in total. The fourth-order valence-electron chi connectivity index (χ4n) is 2.37. The van der Waals surface area contributed by atoms with Gasteiger partial charge in [0, 0.05) is 0 Å². The average Bonchev–Trinajstić information content (AvgIpc) is 2.43. The monoisotopic (exact) mass is 297 g/mol. The average molecular weight is 298 g/mol. The maximum absolute atomic E-state index is 11.8. The van der Waals surface area contributed by atoms with Crippen molar-refractivity contribution < 1.29 is 14.6 Å². The molecule has 1 amide bonds. The van der Waals surface area contributed by atoms with Gasteiger partial charge in [0.15, 0.2) is 0 Å². The summed E-state index contributed by atoms with van der Waals surface area (Å²) in [5, 5.41) is 13.2. The zero-order valence-corrected chi connectivity index (χ0v) is 12.1. The van der Waals surface area contributed by atoms with Gasteiger partial charge in [-0.3, -0.25) is 4.79 Å². The molecule has 0 radical (unpaired) electrons. The van der Waals surface area contributed by atoms with Gasteiger partial charge in [-0.15, -0.1) is 0 Å². The number of para-hydroxylation sites is 1. The molecule has 0 aliphatic heterocycles. The van der Waals surface area contributed by atoms with E-state index < -0.39 is 6.10 Å². The molecule has 0 saturated heterocycles. The van der Waals surface area contributed by atoms with Gasteiger partial charge in [0.25, 0.3) is 0 Å². The Balaban J connectivity index is 1.71. The van der Waals surface area contributed by atoms with E-state index in [1.54, 1.807) is 12.1 Å². The molecule has 0 bridgehead atoms. The number of aliphatic hydroxyl groups is 1. The first-order valence-corrected chi connectivity index (χ1v) is 7.39. The number of carbonyl (C=O) groups excluding carboxylic acids is 1. The largest absolute Gasteiger partial charge is 0.491 e. The normalized spacial score (nSPS) is 22.3. The number of amides is 1. The third kappa shape index (κ3) is 4.39. The molecular formula is C15H20ClNO3. The Morgan fingerprint density at radius 1 is 1.35 bits per heavy atom. The predicted molar refractivity (Wildman–Crippen MR) is 78.0 cm³/mol. The molecule has 1 saturated carbocycles. The van der Waals surface area contributed by atoms with E-state index in [2.05, 4.69) is 5.32 Å². The van der Waals surface area contributed by atoms with E-state index in [0.717, 1.165) is 25.7 Å². The van der Waals surface area contributed by atoms with Crippen molar-refractivity contribution in [1.29, 1.82) is 0 Å². The van der Waals surface area contributed by atoms with Crippen molar-refractivity contribution in [1.82, 2.24) is 5.32 Å². The molecule has 1 fully saturated rings. The number of benzene rings is 1. The fraction of sp³-hybridized carbons (Fsp3) is 0.533. The molecule has 2 N–H and O–H groups in total. The number of ether oxygens (including phenoxy) is 1. The molecule has 5 heteroatoms. The van der Waals surface area contributed by atoms with Crippen molar-refractivity contribution in [3.63, 3.8) is 0 Å². The Morgan fingerprint density at radius 2 is 2.10 bits per heavy atom. The lowest BCUT2D eigenvalue weighted by atomic mass is 9.92. The van der Waals surface area contributed by atoms with Crippen LogP contribution in [0.1, 0.15) is 32.1 Å². The topological polar surface area (TPSA) is 58.6 Å². The second kappa shape index (κ2) is 7.50. The van der Waals surface area contributed by atoms with Gasteiger partial charge in [-0.1, -0.05) is 36.6 Å². The number of hydrogen-bond donors (Lipinski definition) is 2. The summed E-state index contributed by atoms with van der Waals surface area (Å²) in [5.41, 5.74) is 0. The molecule has 2 rings (SSSR count). The van der Waals surface area contributed by atoms with Gasteiger partial charge < -0.3 is 15.2 Å². The van der Waals surface area contributed by atoms with E-state index in [1.807, 2.05) is 12.1 Å². The molecule has 0 heterocycles. The van der Waals surface area contributed by atoms with Crippen LogP contribution in [0.2, 0.25) is 5.02 Å². The summed E-state index contributed by atoms with van der Waals surface area (Å²) < 4.78 is 5.47. The van der Waals surface area contributed by atoms with Crippen LogP contribution >= 0.6 is 11.6 Å². The number of halogens is 1. The van der Waals surface area contributed by atoms with Crippen molar-refractivity contribution in [2.24, 2.45) is 0 Å². The summed E-state index contributed by atoms with van der Waals surface area (Å²) in [5.74, 6) is 0.489. The van der Waals surface area contributed by atoms with Crippen LogP contribution in [0, 0.1) is 0 Å². The Bertz CT molecular complexity index is 452. The van der Waals surface area contributed by atoms with Crippen molar-refractivity contribution in [2.45, 2.75) is 44.2 Å². The highest BCUT2D eigenvalue weighted by molar-refractivity contribution is 6.32. The first kappa shape index (κ1) is 15.1. The standard InChI is InChI=1S/C15H20ClNO3/c16-11-5-1-4-8-14(11)20-10-9-15(19)17-12-6-2-3-7-13(12)18/h1,4-5,8,12-13,18H,2-3,6-7,9-10H2,(H,17,19)/t12-,13-/m0/s1. The van der Waals surface area contributed by atoms with Crippen LogP contribution in [0.4, 0.5) is 0 Å². The minimum Gasteiger partial charge on any atom is -0.491 e. The van der Waals surface area contributed by atoms with Crippen LogP contribution < -0.4 is 10.1 Å². The van der Waals surface area contributed by atoms with Crippen LogP contribution in [0.15, 0.2) is 24.3 Å². The number of carbonyl (C=O) groups is 1. The smallest absolute Gasteiger partial charge is 0.223 e. The predicted octanol–water partition coefficient (Wildman–Crippen LogP) is 2.53. The van der Waals surface area contributed by atoms with E-state index in [0.29, 0.717) is 10.8 Å². The number of aliphatic hydroxyl groups excluding tert-OH is 1. The molecule has 1 aromatic rings.